The van der Waals surface area contributed by atoms with Gasteiger partial charge in [-0.05, 0) is 67.9 Å². The third-order valence-electron chi connectivity index (χ3n) is 4.96. The second-order valence-corrected chi connectivity index (χ2v) is 6.94. The van der Waals surface area contributed by atoms with Gasteiger partial charge in [-0.25, -0.2) is 0 Å². The Kier molecular flexibility index (Phi) is 5.42. The molecule has 1 aliphatic rings. The van der Waals surface area contributed by atoms with Gasteiger partial charge in [0.2, 0.25) is 0 Å². The number of hydrogen-bond acceptors (Lipinski definition) is 2. The normalized spacial score (nSPS) is 17.5. The molecule has 2 aromatic rings. The van der Waals surface area contributed by atoms with Crippen LogP contribution in [0.2, 0.25) is 0 Å². The molecule has 2 aromatic carbocycles. The number of hydrogen-bond donors (Lipinski definition) is 1. The summed E-state index contributed by atoms with van der Waals surface area (Å²) in [5.41, 5.74) is 4.79. The Morgan fingerprint density at radius 2 is 2.04 bits per heavy atom. The summed E-state index contributed by atoms with van der Waals surface area (Å²) in [6, 6.07) is 14.6. The van der Waals surface area contributed by atoms with E-state index in [1.165, 1.54) is 11.1 Å². The Morgan fingerprint density at radius 3 is 2.84 bits per heavy atom. The van der Waals surface area contributed by atoms with Crippen molar-refractivity contribution in [3.8, 4) is 5.75 Å². The number of rotatable bonds is 5. The van der Waals surface area contributed by atoms with Crippen LogP contribution in [0.5, 0.6) is 5.75 Å². The van der Waals surface area contributed by atoms with Gasteiger partial charge in [-0.3, -0.25) is 4.79 Å². The molecule has 132 valence electrons. The lowest BCUT2D eigenvalue weighted by atomic mass is 9.87. The summed E-state index contributed by atoms with van der Waals surface area (Å²) in [6.45, 7) is 6.03. The van der Waals surface area contributed by atoms with Crippen molar-refractivity contribution in [2.75, 3.05) is 0 Å². The fraction of sp³-hybridized carbons (Fsp3) is 0.409. The minimum Gasteiger partial charge on any atom is -0.480 e. The molecule has 0 aliphatic heterocycles. The highest BCUT2D eigenvalue weighted by molar-refractivity contribution is 5.81. The Balaban J connectivity index is 1.72. The monoisotopic (exact) mass is 337 g/mol. The summed E-state index contributed by atoms with van der Waals surface area (Å²) in [7, 11) is 0. The van der Waals surface area contributed by atoms with Crippen molar-refractivity contribution in [2.24, 2.45) is 0 Å². The molecule has 3 rings (SSSR count). The maximum absolute atomic E-state index is 12.8. The fourth-order valence-electron chi connectivity index (χ4n) is 3.48. The van der Waals surface area contributed by atoms with Crippen molar-refractivity contribution < 1.29 is 9.53 Å². The first-order valence-electron chi connectivity index (χ1n) is 9.20. The number of carbonyl (C=O) groups is 1. The molecular weight excluding hydrogens is 310 g/mol. The third-order valence-corrected chi connectivity index (χ3v) is 4.96. The van der Waals surface area contributed by atoms with E-state index in [1.807, 2.05) is 39.0 Å². The molecule has 1 amide bonds. The van der Waals surface area contributed by atoms with E-state index in [2.05, 4.69) is 29.6 Å². The summed E-state index contributed by atoms with van der Waals surface area (Å²) in [5.74, 6) is 0.774. The highest BCUT2D eigenvalue weighted by Crippen LogP contribution is 2.30. The van der Waals surface area contributed by atoms with Crippen molar-refractivity contribution in [1.82, 2.24) is 5.32 Å². The first kappa shape index (κ1) is 17.5. The first-order chi connectivity index (χ1) is 12.1. The molecule has 0 fully saturated rings. The van der Waals surface area contributed by atoms with E-state index in [-0.39, 0.29) is 11.9 Å². The number of ether oxygens (including phenoxy) is 1. The Bertz CT molecular complexity index is 753. The van der Waals surface area contributed by atoms with Gasteiger partial charge < -0.3 is 10.1 Å². The van der Waals surface area contributed by atoms with Gasteiger partial charge in [-0.15, -0.1) is 0 Å². The molecule has 0 unspecified atom stereocenters. The predicted molar refractivity (Wildman–Crippen MR) is 101 cm³/mol. The zero-order valence-corrected chi connectivity index (χ0v) is 15.3. The van der Waals surface area contributed by atoms with E-state index in [0.717, 1.165) is 36.1 Å². The van der Waals surface area contributed by atoms with Crippen LogP contribution in [0.25, 0.3) is 0 Å². The van der Waals surface area contributed by atoms with Crippen LogP contribution in [0.4, 0.5) is 0 Å². The number of aryl methyl sites for hydroxylation is 3. The number of fused-ring (bicyclic) bond motifs is 1. The van der Waals surface area contributed by atoms with E-state index in [0.29, 0.717) is 6.42 Å². The van der Waals surface area contributed by atoms with Crippen LogP contribution < -0.4 is 10.1 Å². The molecule has 0 saturated heterocycles. The summed E-state index contributed by atoms with van der Waals surface area (Å²) in [4.78, 5) is 12.8. The van der Waals surface area contributed by atoms with Crippen LogP contribution >= 0.6 is 0 Å². The molecule has 0 heterocycles. The smallest absolute Gasteiger partial charge is 0.261 e. The van der Waals surface area contributed by atoms with Crippen LogP contribution in [0.3, 0.4) is 0 Å². The van der Waals surface area contributed by atoms with Gasteiger partial charge in [0.1, 0.15) is 5.75 Å². The average molecular weight is 337 g/mol. The molecular formula is C22H27NO2. The molecule has 2 atom stereocenters. The van der Waals surface area contributed by atoms with Crippen LogP contribution in [0, 0.1) is 13.8 Å². The van der Waals surface area contributed by atoms with Crippen molar-refractivity contribution in [3.63, 3.8) is 0 Å². The summed E-state index contributed by atoms with van der Waals surface area (Å²) < 4.78 is 6.05. The zero-order chi connectivity index (χ0) is 17.8. The molecule has 0 saturated carbocycles. The number of benzene rings is 2. The van der Waals surface area contributed by atoms with Gasteiger partial charge in [0.25, 0.3) is 5.91 Å². The second-order valence-electron chi connectivity index (χ2n) is 6.94. The maximum atomic E-state index is 12.8. The molecule has 3 nitrogen and oxygen atoms in total. The van der Waals surface area contributed by atoms with Crippen molar-refractivity contribution in [1.29, 1.82) is 0 Å². The van der Waals surface area contributed by atoms with Gasteiger partial charge in [-0.1, -0.05) is 43.3 Å². The van der Waals surface area contributed by atoms with Crippen LogP contribution in [0.1, 0.15) is 54.5 Å². The Labute approximate surface area is 150 Å². The summed E-state index contributed by atoms with van der Waals surface area (Å²) >= 11 is 0. The highest BCUT2D eigenvalue weighted by Gasteiger charge is 2.26. The summed E-state index contributed by atoms with van der Waals surface area (Å²) in [5, 5.41) is 3.22. The Morgan fingerprint density at radius 1 is 1.24 bits per heavy atom. The van der Waals surface area contributed by atoms with Gasteiger partial charge in [-0.2, -0.15) is 0 Å². The molecule has 0 spiro atoms. The van der Waals surface area contributed by atoms with Gasteiger partial charge in [0, 0.05) is 0 Å². The van der Waals surface area contributed by atoms with Crippen molar-refractivity contribution in [3.05, 3.63) is 64.7 Å². The topological polar surface area (TPSA) is 38.3 Å². The lowest BCUT2D eigenvalue weighted by Crippen LogP contribution is -2.41. The van der Waals surface area contributed by atoms with E-state index >= 15 is 0 Å². The average Bonchev–Trinajstić information content (AvgIpc) is 2.62. The molecule has 0 radical (unpaired) electrons. The van der Waals surface area contributed by atoms with Crippen LogP contribution in [0.15, 0.2) is 42.5 Å². The van der Waals surface area contributed by atoms with Gasteiger partial charge in [0.15, 0.2) is 6.10 Å². The second kappa shape index (κ2) is 7.73. The predicted octanol–water partition coefficient (Wildman–Crippen LogP) is 4.65. The maximum Gasteiger partial charge on any atom is 0.261 e. The minimum absolute atomic E-state index is 0.0230. The largest absolute Gasteiger partial charge is 0.480 e. The number of carbonyl (C=O) groups excluding carboxylic acids is 1. The van der Waals surface area contributed by atoms with E-state index in [1.54, 1.807) is 0 Å². The quantitative estimate of drug-likeness (QED) is 0.862. The van der Waals surface area contributed by atoms with Crippen molar-refractivity contribution >= 4 is 5.91 Å². The lowest BCUT2D eigenvalue weighted by molar-refractivity contribution is -0.129. The molecule has 1 aliphatic carbocycles. The molecule has 25 heavy (non-hydrogen) atoms. The molecule has 1 N–H and O–H groups in total. The third kappa shape index (κ3) is 4.04. The van der Waals surface area contributed by atoms with E-state index in [4.69, 9.17) is 4.74 Å². The number of nitrogens with one attached hydrogen (secondary N) is 1. The van der Waals surface area contributed by atoms with Crippen LogP contribution in [-0.2, 0) is 11.2 Å². The first-order valence-corrected chi connectivity index (χ1v) is 9.20. The van der Waals surface area contributed by atoms with Gasteiger partial charge >= 0.3 is 0 Å². The van der Waals surface area contributed by atoms with E-state index in [9.17, 15) is 4.79 Å². The van der Waals surface area contributed by atoms with Crippen LogP contribution in [-0.4, -0.2) is 12.0 Å². The molecule has 3 heteroatoms. The fourth-order valence-corrected chi connectivity index (χ4v) is 3.48. The lowest BCUT2D eigenvalue weighted by Gasteiger charge is -2.28. The standard InChI is InChI=1S/C22H27NO2/c1-4-20(25-21-14-15(2)12-13-16(21)3)22(24)23-19-11-7-9-17-8-5-6-10-18(17)19/h5-6,8,10,12-14,19-20H,4,7,9,11H2,1-3H3,(H,23,24)/t19-,20+/m1/s1. The highest BCUT2D eigenvalue weighted by atomic mass is 16.5. The number of amides is 1. The Hall–Kier alpha value is -2.29. The zero-order valence-electron chi connectivity index (χ0n) is 15.3. The van der Waals surface area contributed by atoms with Crippen molar-refractivity contribution in [2.45, 2.75) is 58.6 Å². The summed E-state index contributed by atoms with van der Waals surface area (Å²) in [6.07, 6.45) is 3.38. The SMILES string of the molecule is CC[C@H](Oc1cc(C)ccc1C)C(=O)N[C@@H]1CCCc2ccccc21. The molecule has 0 aromatic heterocycles. The van der Waals surface area contributed by atoms with Gasteiger partial charge in [0.05, 0.1) is 6.04 Å². The molecule has 0 bridgehead atoms. The minimum atomic E-state index is -0.463. The van der Waals surface area contributed by atoms with E-state index < -0.39 is 6.10 Å².